The van der Waals surface area contributed by atoms with Crippen LogP contribution in [-0.2, 0) is 0 Å². The number of hydrogen-bond donors (Lipinski definition) is 0. The lowest BCUT2D eigenvalue weighted by molar-refractivity contribution is 0.294. The topological polar surface area (TPSA) is 35.0 Å². The van der Waals surface area contributed by atoms with Crippen molar-refractivity contribution in [3.63, 3.8) is 0 Å². The van der Waals surface area contributed by atoms with Gasteiger partial charge in [-0.3, -0.25) is 0 Å². The second-order valence-electron chi connectivity index (χ2n) is 7.90. The van der Waals surface area contributed by atoms with Crippen LogP contribution < -0.4 is 4.74 Å². The molecule has 0 aliphatic rings. The summed E-state index contributed by atoms with van der Waals surface area (Å²) >= 11 is 1.76. The Labute approximate surface area is 182 Å². The molecule has 0 fully saturated rings. The van der Waals surface area contributed by atoms with E-state index in [4.69, 9.17) is 4.74 Å². The molecule has 0 aliphatic heterocycles. The van der Waals surface area contributed by atoms with E-state index >= 15 is 0 Å². The van der Waals surface area contributed by atoms with Gasteiger partial charge in [0.1, 0.15) is 5.75 Å². The molecule has 1 aromatic heterocycles. The van der Waals surface area contributed by atoms with Crippen LogP contribution in [-0.4, -0.2) is 22.3 Å². The van der Waals surface area contributed by atoms with Gasteiger partial charge < -0.3 is 4.74 Å². The van der Waals surface area contributed by atoms with Crippen LogP contribution in [0.15, 0.2) is 41.8 Å². The van der Waals surface area contributed by atoms with Crippen LogP contribution in [0, 0.1) is 5.92 Å². The third-order valence-electron chi connectivity index (χ3n) is 5.35. The first-order valence-corrected chi connectivity index (χ1v) is 12.4. The van der Waals surface area contributed by atoms with Crippen molar-refractivity contribution in [3.8, 4) is 16.9 Å². The summed E-state index contributed by atoms with van der Waals surface area (Å²) < 4.78 is 5.86. The van der Waals surface area contributed by atoms with E-state index in [1.807, 2.05) is 24.5 Å². The van der Waals surface area contributed by atoms with Crippen LogP contribution in [0.4, 0.5) is 0 Å². The van der Waals surface area contributed by atoms with Crippen LogP contribution in [0.5, 0.6) is 5.75 Å². The molecule has 0 unspecified atom stereocenters. The summed E-state index contributed by atoms with van der Waals surface area (Å²) in [4.78, 5) is 9.06. The summed E-state index contributed by atoms with van der Waals surface area (Å²) in [5, 5.41) is 0.878. The SMILES string of the molecule is CCCCCCCCSc1ncc(-c2ccc(OCCC[C@H](C)CC)cc2)cn1. The number of rotatable bonds is 15. The van der Waals surface area contributed by atoms with Gasteiger partial charge in [-0.2, -0.15) is 0 Å². The first-order chi connectivity index (χ1) is 14.2. The zero-order valence-corrected chi connectivity index (χ0v) is 19.3. The van der Waals surface area contributed by atoms with E-state index in [1.165, 1.54) is 51.4 Å². The number of nitrogens with zero attached hydrogens (tertiary/aromatic N) is 2. The van der Waals surface area contributed by atoms with Crippen molar-refractivity contribution < 1.29 is 4.74 Å². The molecule has 0 amide bonds. The van der Waals surface area contributed by atoms with Gasteiger partial charge in [0.25, 0.3) is 0 Å². The Morgan fingerprint density at radius 2 is 1.55 bits per heavy atom. The highest BCUT2D eigenvalue weighted by Crippen LogP contribution is 2.23. The van der Waals surface area contributed by atoms with Gasteiger partial charge in [0.2, 0.25) is 0 Å². The molecule has 0 radical (unpaired) electrons. The van der Waals surface area contributed by atoms with E-state index < -0.39 is 0 Å². The fraction of sp³-hybridized carbons (Fsp3) is 0.600. The largest absolute Gasteiger partial charge is 0.494 e. The molecule has 0 saturated heterocycles. The van der Waals surface area contributed by atoms with Gasteiger partial charge in [-0.05, 0) is 42.9 Å². The van der Waals surface area contributed by atoms with Crippen molar-refractivity contribution in [2.75, 3.05) is 12.4 Å². The smallest absolute Gasteiger partial charge is 0.187 e. The number of hydrogen-bond acceptors (Lipinski definition) is 4. The molecule has 3 nitrogen and oxygen atoms in total. The standard InChI is InChI=1S/C25H38N2OS/c1-4-6-7-8-9-10-18-29-25-26-19-23(20-27-25)22-13-15-24(16-14-22)28-17-11-12-21(3)5-2/h13-16,19-21H,4-12,17-18H2,1-3H3/t21-/m1/s1. The molecule has 4 heteroatoms. The van der Waals surface area contributed by atoms with E-state index in [0.29, 0.717) is 0 Å². The Morgan fingerprint density at radius 1 is 0.862 bits per heavy atom. The predicted octanol–water partition coefficient (Wildman–Crippen LogP) is 7.80. The molecule has 2 aromatic rings. The molecule has 1 aromatic carbocycles. The third-order valence-corrected chi connectivity index (χ3v) is 6.31. The van der Waals surface area contributed by atoms with Crippen LogP contribution in [0.25, 0.3) is 11.1 Å². The number of aromatic nitrogens is 2. The number of benzene rings is 1. The summed E-state index contributed by atoms with van der Waals surface area (Å²) in [5.74, 6) is 2.83. The monoisotopic (exact) mass is 414 g/mol. The molecule has 1 atom stereocenters. The fourth-order valence-corrected chi connectivity index (χ4v) is 3.94. The lowest BCUT2D eigenvalue weighted by Crippen LogP contribution is -2.00. The lowest BCUT2D eigenvalue weighted by atomic mass is 10.0. The molecule has 29 heavy (non-hydrogen) atoms. The Balaban J connectivity index is 1.70. The highest BCUT2D eigenvalue weighted by Gasteiger charge is 2.03. The molecule has 160 valence electrons. The van der Waals surface area contributed by atoms with E-state index in [1.54, 1.807) is 11.8 Å². The fourth-order valence-electron chi connectivity index (χ4n) is 3.16. The Bertz CT molecular complexity index is 658. The van der Waals surface area contributed by atoms with Gasteiger partial charge in [0, 0.05) is 23.7 Å². The summed E-state index contributed by atoms with van der Waals surface area (Å²) in [7, 11) is 0. The highest BCUT2D eigenvalue weighted by atomic mass is 32.2. The molecule has 0 bridgehead atoms. The predicted molar refractivity (Wildman–Crippen MR) is 126 cm³/mol. The molecule has 0 aliphatic carbocycles. The molecule has 0 spiro atoms. The molecule has 0 saturated carbocycles. The minimum atomic E-state index is 0.785. The van der Waals surface area contributed by atoms with Crippen molar-refractivity contribution in [1.29, 1.82) is 0 Å². The molecular formula is C25H38N2OS. The normalized spacial score (nSPS) is 12.1. The van der Waals surface area contributed by atoms with Gasteiger partial charge in [0.15, 0.2) is 5.16 Å². The first kappa shape index (κ1) is 23.7. The molecule has 0 N–H and O–H groups in total. The summed E-state index contributed by atoms with van der Waals surface area (Å²) in [6.07, 6.45) is 15.4. The van der Waals surface area contributed by atoms with Crippen molar-refractivity contribution in [1.82, 2.24) is 9.97 Å². The molecular weight excluding hydrogens is 376 g/mol. The Morgan fingerprint density at radius 3 is 2.24 bits per heavy atom. The summed E-state index contributed by atoms with van der Waals surface area (Å²) in [5.41, 5.74) is 2.18. The summed E-state index contributed by atoms with van der Waals surface area (Å²) in [6, 6.07) is 8.26. The Kier molecular flexibility index (Phi) is 11.8. The Hall–Kier alpha value is -1.55. The zero-order chi connectivity index (χ0) is 20.7. The molecule has 1 heterocycles. The van der Waals surface area contributed by atoms with Crippen molar-refractivity contribution in [2.45, 2.75) is 83.7 Å². The maximum Gasteiger partial charge on any atom is 0.187 e. The van der Waals surface area contributed by atoms with Crippen LogP contribution >= 0.6 is 11.8 Å². The van der Waals surface area contributed by atoms with E-state index in [-0.39, 0.29) is 0 Å². The van der Waals surface area contributed by atoms with Crippen molar-refractivity contribution in [2.24, 2.45) is 5.92 Å². The maximum absolute atomic E-state index is 5.86. The van der Waals surface area contributed by atoms with Gasteiger partial charge in [-0.15, -0.1) is 0 Å². The van der Waals surface area contributed by atoms with Crippen molar-refractivity contribution >= 4 is 11.8 Å². The zero-order valence-electron chi connectivity index (χ0n) is 18.5. The average molecular weight is 415 g/mol. The van der Waals surface area contributed by atoms with Gasteiger partial charge in [0.05, 0.1) is 6.61 Å². The maximum atomic E-state index is 5.86. The number of ether oxygens (including phenoxy) is 1. The van der Waals surface area contributed by atoms with E-state index in [0.717, 1.165) is 46.7 Å². The van der Waals surface area contributed by atoms with Gasteiger partial charge >= 0.3 is 0 Å². The second kappa shape index (κ2) is 14.4. The number of thioether (sulfide) groups is 1. The third kappa shape index (κ3) is 9.66. The first-order valence-electron chi connectivity index (χ1n) is 11.4. The summed E-state index contributed by atoms with van der Waals surface area (Å²) in [6.45, 7) is 7.59. The minimum absolute atomic E-state index is 0.785. The van der Waals surface area contributed by atoms with E-state index in [9.17, 15) is 0 Å². The minimum Gasteiger partial charge on any atom is -0.494 e. The second-order valence-corrected chi connectivity index (χ2v) is 8.96. The van der Waals surface area contributed by atoms with Crippen molar-refractivity contribution in [3.05, 3.63) is 36.7 Å². The van der Waals surface area contributed by atoms with Gasteiger partial charge in [-0.1, -0.05) is 83.2 Å². The van der Waals surface area contributed by atoms with Crippen LogP contribution in [0.2, 0.25) is 0 Å². The quantitative estimate of drug-likeness (QED) is 0.169. The lowest BCUT2D eigenvalue weighted by Gasteiger charge is -2.10. The number of unbranched alkanes of at least 4 members (excludes halogenated alkanes) is 5. The van der Waals surface area contributed by atoms with E-state index in [2.05, 4.69) is 42.9 Å². The van der Waals surface area contributed by atoms with Gasteiger partial charge in [-0.25, -0.2) is 9.97 Å². The molecule has 2 rings (SSSR count). The van der Waals surface area contributed by atoms with Crippen LogP contribution in [0.3, 0.4) is 0 Å². The van der Waals surface area contributed by atoms with Crippen LogP contribution in [0.1, 0.15) is 78.6 Å². The average Bonchev–Trinajstić information content (AvgIpc) is 2.77. The highest BCUT2D eigenvalue weighted by molar-refractivity contribution is 7.99.